The molecular formula is C13H22N6O2. The summed E-state index contributed by atoms with van der Waals surface area (Å²) in [6, 6.07) is -0.538. The lowest BCUT2D eigenvalue weighted by molar-refractivity contribution is 0.0669. The number of amides is 3. The topological polar surface area (TPSA) is 119 Å². The van der Waals surface area contributed by atoms with E-state index in [1.807, 2.05) is 6.92 Å². The fourth-order valence-corrected chi connectivity index (χ4v) is 2.58. The number of primary amides is 1. The Morgan fingerprint density at radius 3 is 2.90 bits per heavy atom. The number of piperidine rings is 1. The normalized spacial score (nSPS) is 18.5. The molecule has 2 rings (SSSR count). The van der Waals surface area contributed by atoms with E-state index in [1.165, 1.54) is 0 Å². The zero-order chi connectivity index (χ0) is 15.4. The van der Waals surface area contributed by atoms with Gasteiger partial charge < -0.3 is 21.7 Å². The van der Waals surface area contributed by atoms with Crippen molar-refractivity contribution in [2.24, 2.45) is 11.7 Å². The molecule has 0 aliphatic carbocycles. The molecule has 3 amide bonds. The number of aryl methyl sites for hydroxylation is 1. The van der Waals surface area contributed by atoms with Crippen molar-refractivity contribution >= 4 is 17.6 Å². The molecule has 0 spiro atoms. The van der Waals surface area contributed by atoms with Crippen LogP contribution in [0.5, 0.6) is 0 Å². The van der Waals surface area contributed by atoms with Gasteiger partial charge in [-0.3, -0.25) is 9.48 Å². The number of likely N-dealkylation sites (tertiary alicyclic amines) is 1. The van der Waals surface area contributed by atoms with Crippen molar-refractivity contribution < 1.29 is 9.59 Å². The summed E-state index contributed by atoms with van der Waals surface area (Å²) < 4.78 is 1.65. The average molecular weight is 294 g/mol. The number of nitrogens with two attached hydrogens (primary N) is 2. The first-order valence-electron chi connectivity index (χ1n) is 7.16. The van der Waals surface area contributed by atoms with E-state index in [0.29, 0.717) is 37.6 Å². The zero-order valence-electron chi connectivity index (χ0n) is 12.2. The fraction of sp³-hybridized carbons (Fsp3) is 0.615. The summed E-state index contributed by atoms with van der Waals surface area (Å²) in [5.41, 5.74) is 11.6. The van der Waals surface area contributed by atoms with E-state index in [2.05, 4.69) is 10.4 Å². The van der Waals surface area contributed by atoms with Gasteiger partial charge in [-0.05, 0) is 25.7 Å². The largest absolute Gasteiger partial charge is 0.396 e. The summed E-state index contributed by atoms with van der Waals surface area (Å²) in [6.07, 6.45) is 3.53. The number of hydrogen-bond acceptors (Lipinski definition) is 4. The molecule has 1 atom stereocenters. The van der Waals surface area contributed by atoms with Crippen molar-refractivity contribution in [2.75, 3.05) is 25.4 Å². The second-order valence-corrected chi connectivity index (χ2v) is 5.29. The van der Waals surface area contributed by atoms with E-state index >= 15 is 0 Å². The van der Waals surface area contributed by atoms with E-state index in [9.17, 15) is 9.59 Å². The van der Waals surface area contributed by atoms with Gasteiger partial charge in [0.05, 0.1) is 5.69 Å². The van der Waals surface area contributed by atoms with Crippen LogP contribution >= 0.6 is 0 Å². The van der Waals surface area contributed by atoms with Crippen molar-refractivity contribution in [2.45, 2.75) is 26.3 Å². The SMILES string of the molecule is CCn1cc(N)c(C(=O)N2CCCC(CNC(N)=O)C2)n1. The van der Waals surface area contributed by atoms with Crippen molar-refractivity contribution in [1.29, 1.82) is 0 Å². The van der Waals surface area contributed by atoms with E-state index < -0.39 is 6.03 Å². The standard InChI is InChI=1S/C13H22N6O2/c1-2-19-8-10(14)11(17-19)12(20)18-5-3-4-9(7-18)6-16-13(15)21/h8-9H,2-7,14H2,1H3,(H3,15,16,21). The molecule has 1 saturated heterocycles. The molecule has 0 saturated carbocycles. The Kier molecular flexibility index (Phi) is 4.66. The van der Waals surface area contributed by atoms with E-state index in [0.717, 1.165) is 12.8 Å². The Balaban J connectivity index is 2.01. The molecule has 1 fully saturated rings. The molecule has 0 bridgehead atoms. The number of nitrogens with zero attached hydrogens (tertiary/aromatic N) is 3. The minimum atomic E-state index is -0.538. The minimum absolute atomic E-state index is 0.150. The highest BCUT2D eigenvalue weighted by Crippen LogP contribution is 2.20. The first kappa shape index (κ1) is 15.1. The lowest BCUT2D eigenvalue weighted by atomic mass is 9.97. The van der Waals surface area contributed by atoms with Gasteiger partial charge in [0, 0.05) is 32.4 Å². The molecule has 1 aromatic rings. The highest BCUT2D eigenvalue weighted by Gasteiger charge is 2.27. The summed E-state index contributed by atoms with van der Waals surface area (Å²) in [4.78, 5) is 25.0. The van der Waals surface area contributed by atoms with Crippen molar-refractivity contribution in [3.63, 3.8) is 0 Å². The monoisotopic (exact) mass is 294 g/mol. The van der Waals surface area contributed by atoms with E-state index in [-0.39, 0.29) is 11.8 Å². The van der Waals surface area contributed by atoms with Crippen LogP contribution in [0.1, 0.15) is 30.3 Å². The molecule has 21 heavy (non-hydrogen) atoms. The van der Waals surface area contributed by atoms with Crippen LogP contribution in [0.4, 0.5) is 10.5 Å². The number of aromatic nitrogens is 2. The Morgan fingerprint density at radius 2 is 2.29 bits per heavy atom. The molecule has 5 N–H and O–H groups in total. The van der Waals surface area contributed by atoms with Gasteiger partial charge in [0.2, 0.25) is 0 Å². The quantitative estimate of drug-likeness (QED) is 0.724. The van der Waals surface area contributed by atoms with Gasteiger partial charge in [0.15, 0.2) is 5.69 Å². The summed E-state index contributed by atoms with van der Waals surface area (Å²) in [7, 11) is 0. The molecule has 2 heterocycles. The van der Waals surface area contributed by atoms with E-state index in [1.54, 1.807) is 15.8 Å². The molecule has 8 nitrogen and oxygen atoms in total. The summed E-state index contributed by atoms with van der Waals surface area (Å²) in [6.45, 7) is 4.36. The van der Waals surface area contributed by atoms with Crippen LogP contribution < -0.4 is 16.8 Å². The summed E-state index contributed by atoms with van der Waals surface area (Å²) in [5, 5.41) is 6.81. The van der Waals surface area contributed by atoms with Crippen molar-refractivity contribution in [1.82, 2.24) is 20.0 Å². The van der Waals surface area contributed by atoms with Gasteiger partial charge in [-0.25, -0.2) is 4.79 Å². The maximum atomic E-state index is 12.5. The van der Waals surface area contributed by atoms with Crippen LogP contribution in [0, 0.1) is 5.92 Å². The zero-order valence-corrected chi connectivity index (χ0v) is 12.2. The highest BCUT2D eigenvalue weighted by molar-refractivity contribution is 5.97. The summed E-state index contributed by atoms with van der Waals surface area (Å²) >= 11 is 0. The lowest BCUT2D eigenvalue weighted by Crippen LogP contribution is -2.44. The maximum absolute atomic E-state index is 12.5. The molecule has 1 aliphatic rings. The number of hydrogen-bond donors (Lipinski definition) is 3. The van der Waals surface area contributed by atoms with Gasteiger partial charge in [0.25, 0.3) is 5.91 Å². The minimum Gasteiger partial charge on any atom is -0.396 e. The van der Waals surface area contributed by atoms with Gasteiger partial charge in [-0.15, -0.1) is 0 Å². The van der Waals surface area contributed by atoms with Crippen molar-refractivity contribution in [3.05, 3.63) is 11.9 Å². The third kappa shape index (κ3) is 3.65. The van der Waals surface area contributed by atoms with E-state index in [4.69, 9.17) is 11.5 Å². The number of carbonyl (C=O) groups excluding carboxylic acids is 2. The maximum Gasteiger partial charge on any atom is 0.312 e. The molecule has 0 radical (unpaired) electrons. The highest BCUT2D eigenvalue weighted by atomic mass is 16.2. The predicted molar refractivity (Wildman–Crippen MR) is 78.5 cm³/mol. The Hall–Kier alpha value is -2.25. The first-order valence-corrected chi connectivity index (χ1v) is 7.16. The number of urea groups is 1. The molecule has 1 aromatic heterocycles. The second-order valence-electron chi connectivity index (χ2n) is 5.29. The molecule has 1 unspecified atom stereocenters. The number of nitrogens with one attached hydrogen (secondary N) is 1. The van der Waals surface area contributed by atoms with Crippen LogP contribution in [0.15, 0.2) is 6.20 Å². The molecule has 8 heteroatoms. The van der Waals surface area contributed by atoms with Gasteiger partial charge in [0.1, 0.15) is 0 Å². The fourth-order valence-electron chi connectivity index (χ4n) is 2.58. The number of anilines is 1. The predicted octanol–water partition coefficient (Wildman–Crippen LogP) is 0.00570. The summed E-state index contributed by atoms with van der Waals surface area (Å²) in [5.74, 6) is 0.0631. The first-order chi connectivity index (χ1) is 10.0. The smallest absolute Gasteiger partial charge is 0.312 e. The third-order valence-electron chi connectivity index (χ3n) is 3.69. The van der Waals surface area contributed by atoms with Gasteiger partial charge >= 0.3 is 6.03 Å². The average Bonchev–Trinajstić information content (AvgIpc) is 2.86. The molecule has 1 aliphatic heterocycles. The number of nitrogen functional groups attached to an aromatic ring is 1. The van der Waals surface area contributed by atoms with Gasteiger partial charge in [-0.1, -0.05) is 0 Å². The van der Waals surface area contributed by atoms with Crippen LogP contribution in [0.25, 0.3) is 0 Å². The van der Waals surface area contributed by atoms with Crippen LogP contribution in [0.3, 0.4) is 0 Å². The Labute approximate surface area is 123 Å². The molecule has 116 valence electrons. The van der Waals surface area contributed by atoms with Crippen LogP contribution in [-0.4, -0.2) is 46.3 Å². The molecular weight excluding hydrogens is 272 g/mol. The number of rotatable bonds is 4. The Bertz CT molecular complexity index is 527. The molecule has 0 aromatic carbocycles. The second kappa shape index (κ2) is 6.47. The number of carbonyl (C=O) groups is 2. The third-order valence-corrected chi connectivity index (χ3v) is 3.69. The lowest BCUT2D eigenvalue weighted by Gasteiger charge is -2.32. The van der Waals surface area contributed by atoms with Crippen LogP contribution in [-0.2, 0) is 6.54 Å². The van der Waals surface area contributed by atoms with Crippen LogP contribution in [0.2, 0.25) is 0 Å². The van der Waals surface area contributed by atoms with Crippen molar-refractivity contribution in [3.8, 4) is 0 Å². The Morgan fingerprint density at radius 1 is 1.52 bits per heavy atom. The van der Waals surface area contributed by atoms with Gasteiger partial charge in [-0.2, -0.15) is 5.10 Å².